The van der Waals surface area contributed by atoms with Crippen LogP contribution in [0.4, 0.5) is 0 Å². The van der Waals surface area contributed by atoms with Crippen molar-refractivity contribution in [3.8, 4) is 5.75 Å². The molecule has 0 amide bonds. The number of allylic oxidation sites excluding steroid dienone is 1. The van der Waals surface area contributed by atoms with Gasteiger partial charge >= 0.3 is 0 Å². The number of benzene rings is 1. The van der Waals surface area contributed by atoms with Crippen molar-refractivity contribution in [1.82, 2.24) is 0 Å². The molecule has 0 radical (unpaired) electrons. The Morgan fingerprint density at radius 3 is 2.75 bits per heavy atom. The van der Waals surface area contributed by atoms with E-state index >= 15 is 0 Å². The third-order valence-electron chi connectivity index (χ3n) is 1.44. The summed E-state index contributed by atoms with van der Waals surface area (Å²) in [7, 11) is 0. The third kappa shape index (κ3) is 1.95. The maximum atomic E-state index is 10.1. The fourth-order valence-electron chi connectivity index (χ4n) is 0.957. The summed E-state index contributed by atoms with van der Waals surface area (Å²) in [5.41, 5.74) is 0.909. The van der Waals surface area contributed by atoms with Crippen LogP contribution in [0.2, 0.25) is 0 Å². The number of rotatable bonds is 3. The Kier molecular flexibility index (Phi) is 3.08. The minimum atomic E-state index is 0.433. The van der Waals surface area contributed by atoms with Gasteiger partial charge in [0.25, 0.3) is 6.47 Å². The van der Waals surface area contributed by atoms with Crippen LogP contribution in [0, 0.1) is 0 Å². The quantitative estimate of drug-likeness (QED) is 0.637. The first kappa shape index (κ1) is 8.53. The van der Waals surface area contributed by atoms with Crippen molar-refractivity contribution < 1.29 is 9.53 Å². The van der Waals surface area contributed by atoms with Gasteiger partial charge in [-0.1, -0.05) is 30.4 Å². The van der Waals surface area contributed by atoms with Crippen molar-refractivity contribution in [1.29, 1.82) is 0 Å². The van der Waals surface area contributed by atoms with Crippen LogP contribution in [0.3, 0.4) is 0 Å². The molecular formula is C10H10O2. The zero-order valence-corrected chi connectivity index (χ0v) is 6.86. The van der Waals surface area contributed by atoms with E-state index in [1.165, 1.54) is 0 Å². The second kappa shape index (κ2) is 4.34. The topological polar surface area (TPSA) is 26.3 Å². The SMILES string of the molecule is C/C=C\c1ccccc1OC=O. The summed E-state index contributed by atoms with van der Waals surface area (Å²) >= 11 is 0. The van der Waals surface area contributed by atoms with Crippen molar-refractivity contribution in [3.05, 3.63) is 35.9 Å². The van der Waals surface area contributed by atoms with Gasteiger partial charge in [0, 0.05) is 5.56 Å². The van der Waals surface area contributed by atoms with E-state index in [9.17, 15) is 4.79 Å². The summed E-state index contributed by atoms with van der Waals surface area (Å²) in [5.74, 6) is 0.589. The van der Waals surface area contributed by atoms with Gasteiger partial charge in [0.1, 0.15) is 5.75 Å². The van der Waals surface area contributed by atoms with Crippen molar-refractivity contribution >= 4 is 12.5 Å². The lowest BCUT2D eigenvalue weighted by Gasteiger charge is -2.00. The summed E-state index contributed by atoms with van der Waals surface area (Å²) in [6, 6.07) is 7.36. The fraction of sp³-hybridized carbons (Fsp3) is 0.100. The van der Waals surface area contributed by atoms with Crippen LogP contribution in [0.5, 0.6) is 5.75 Å². The Morgan fingerprint density at radius 1 is 1.33 bits per heavy atom. The molecule has 0 spiro atoms. The zero-order valence-electron chi connectivity index (χ0n) is 6.86. The highest BCUT2D eigenvalue weighted by molar-refractivity contribution is 5.60. The molecule has 0 aromatic heterocycles. The van der Waals surface area contributed by atoms with Gasteiger partial charge in [-0.2, -0.15) is 0 Å². The average molecular weight is 162 g/mol. The Bertz CT molecular complexity index is 290. The fourth-order valence-corrected chi connectivity index (χ4v) is 0.957. The van der Waals surface area contributed by atoms with E-state index in [4.69, 9.17) is 4.74 Å². The summed E-state index contributed by atoms with van der Waals surface area (Å²) in [6.07, 6.45) is 3.78. The molecule has 1 rings (SSSR count). The molecule has 1 aromatic carbocycles. The third-order valence-corrected chi connectivity index (χ3v) is 1.44. The summed E-state index contributed by atoms with van der Waals surface area (Å²) in [5, 5.41) is 0. The zero-order chi connectivity index (χ0) is 8.81. The molecule has 0 bridgehead atoms. The molecule has 2 nitrogen and oxygen atoms in total. The number of carbonyl (C=O) groups is 1. The molecule has 0 aliphatic heterocycles. The molecule has 0 aliphatic rings. The lowest BCUT2D eigenvalue weighted by atomic mass is 10.2. The van der Waals surface area contributed by atoms with E-state index in [1.54, 1.807) is 6.07 Å². The van der Waals surface area contributed by atoms with E-state index in [0.717, 1.165) is 5.56 Å². The van der Waals surface area contributed by atoms with Crippen LogP contribution in [0.25, 0.3) is 6.08 Å². The molecular weight excluding hydrogens is 152 g/mol. The maximum Gasteiger partial charge on any atom is 0.298 e. The average Bonchev–Trinajstić information content (AvgIpc) is 2.09. The van der Waals surface area contributed by atoms with Gasteiger partial charge in [0.05, 0.1) is 0 Å². The molecule has 0 fully saturated rings. The number of para-hydroxylation sites is 1. The molecule has 0 unspecified atom stereocenters. The van der Waals surface area contributed by atoms with Crippen LogP contribution in [0.15, 0.2) is 30.3 Å². The van der Waals surface area contributed by atoms with Gasteiger partial charge < -0.3 is 4.74 Å². The molecule has 0 aliphatic carbocycles. The van der Waals surface area contributed by atoms with E-state index < -0.39 is 0 Å². The van der Waals surface area contributed by atoms with E-state index in [-0.39, 0.29) is 0 Å². The Hall–Kier alpha value is -1.57. The van der Waals surface area contributed by atoms with Crippen LogP contribution >= 0.6 is 0 Å². The second-order valence-corrected chi connectivity index (χ2v) is 2.25. The standard InChI is InChI=1S/C10H10O2/c1-2-5-9-6-3-4-7-10(9)12-8-11/h2-8H,1H3/b5-2-. The van der Waals surface area contributed by atoms with Crippen LogP contribution in [-0.4, -0.2) is 6.47 Å². The number of ether oxygens (including phenoxy) is 1. The highest BCUT2D eigenvalue weighted by Crippen LogP contribution is 2.18. The van der Waals surface area contributed by atoms with Crippen molar-refractivity contribution in [2.24, 2.45) is 0 Å². The maximum absolute atomic E-state index is 10.1. The van der Waals surface area contributed by atoms with Gasteiger partial charge in [0.2, 0.25) is 0 Å². The van der Waals surface area contributed by atoms with Gasteiger partial charge in [-0.15, -0.1) is 0 Å². The molecule has 0 saturated carbocycles. The molecule has 0 saturated heterocycles. The largest absolute Gasteiger partial charge is 0.428 e. The Labute approximate surface area is 71.5 Å². The van der Waals surface area contributed by atoms with Crippen molar-refractivity contribution in [2.75, 3.05) is 0 Å². The molecule has 0 heterocycles. The Morgan fingerprint density at radius 2 is 2.08 bits per heavy atom. The second-order valence-electron chi connectivity index (χ2n) is 2.25. The molecule has 0 N–H and O–H groups in total. The van der Waals surface area contributed by atoms with E-state index in [1.807, 2.05) is 37.3 Å². The molecule has 62 valence electrons. The van der Waals surface area contributed by atoms with Crippen LogP contribution < -0.4 is 4.74 Å². The summed E-state index contributed by atoms with van der Waals surface area (Å²) in [4.78, 5) is 10.1. The predicted molar refractivity (Wildman–Crippen MR) is 47.8 cm³/mol. The first-order chi connectivity index (χ1) is 5.88. The highest BCUT2D eigenvalue weighted by atomic mass is 16.5. The van der Waals surface area contributed by atoms with Gasteiger partial charge in [0.15, 0.2) is 0 Å². The lowest BCUT2D eigenvalue weighted by molar-refractivity contribution is -0.120. The number of carbonyl (C=O) groups excluding carboxylic acids is 1. The molecule has 12 heavy (non-hydrogen) atoms. The van der Waals surface area contributed by atoms with Crippen molar-refractivity contribution in [3.63, 3.8) is 0 Å². The van der Waals surface area contributed by atoms with Crippen molar-refractivity contribution in [2.45, 2.75) is 6.92 Å². The van der Waals surface area contributed by atoms with E-state index in [0.29, 0.717) is 12.2 Å². The number of hydrogen-bond acceptors (Lipinski definition) is 2. The van der Waals surface area contributed by atoms with E-state index in [2.05, 4.69) is 0 Å². The molecule has 1 aromatic rings. The summed E-state index contributed by atoms with van der Waals surface area (Å²) < 4.78 is 4.76. The van der Waals surface area contributed by atoms with Crippen LogP contribution in [-0.2, 0) is 4.79 Å². The minimum absolute atomic E-state index is 0.433. The Balaban J connectivity index is 2.99. The van der Waals surface area contributed by atoms with Gasteiger partial charge in [-0.25, -0.2) is 0 Å². The van der Waals surface area contributed by atoms with Gasteiger partial charge in [-0.05, 0) is 13.0 Å². The minimum Gasteiger partial charge on any atom is -0.428 e. The summed E-state index contributed by atoms with van der Waals surface area (Å²) in [6.45, 7) is 2.35. The van der Waals surface area contributed by atoms with Gasteiger partial charge in [-0.3, -0.25) is 4.79 Å². The first-order valence-corrected chi connectivity index (χ1v) is 3.70. The first-order valence-electron chi connectivity index (χ1n) is 3.70. The highest BCUT2D eigenvalue weighted by Gasteiger charge is 1.96. The molecule has 2 heteroatoms. The lowest BCUT2D eigenvalue weighted by Crippen LogP contribution is -1.90. The monoisotopic (exact) mass is 162 g/mol. The smallest absolute Gasteiger partial charge is 0.298 e. The normalized spacial score (nSPS) is 10.1. The number of hydrogen-bond donors (Lipinski definition) is 0. The van der Waals surface area contributed by atoms with Crippen LogP contribution in [0.1, 0.15) is 12.5 Å². The predicted octanol–water partition coefficient (Wildman–Crippen LogP) is 2.25. The molecule has 0 atom stereocenters.